The van der Waals surface area contributed by atoms with Crippen LogP contribution in [-0.2, 0) is 15.7 Å². The molecule has 0 unspecified atom stereocenters. The maximum Gasteiger partial charge on any atom is 0.496 e. The molecule has 0 saturated carbocycles. The summed E-state index contributed by atoms with van der Waals surface area (Å²) in [5.74, 6) is 1.01. The summed E-state index contributed by atoms with van der Waals surface area (Å²) in [6.45, 7) is 5.73. The highest BCUT2D eigenvalue weighted by Crippen LogP contribution is 2.21. The largest absolute Gasteiger partial charge is 0.496 e. The zero-order chi connectivity index (χ0) is 11.9. The molecule has 3 rings (SSSR count). The number of anilines is 1. The van der Waals surface area contributed by atoms with Crippen molar-refractivity contribution >= 4 is 18.4 Å². The van der Waals surface area contributed by atoms with Gasteiger partial charge in [0.15, 0.2) is 0 Å². The zero-order valence-electron chi connectivity index (χ0n) is 10.3. The Hall–Kier alpha value is -1.07. The van der Waals surface area contributed by atoms with E-state index in [4.69, 9.17) is 9.31 Å². The third-order valence-electron chi connectivity index (χ3n) is 3.18. The molecule has 0 atom stereocenters. The summed E-state index contributed by atoms with van der Waals surface area (Å²) in [5.41, 5.74) is 2.10. The summed E-state index contributed by atoms with van der Waals surface area (Å²) in [7, 11) is -0.260. The normalized spacial score (nSPS) is 22.1. The lowest BCUT2D eigenvalue weighted by Crippen LogP contribution is -2.35. The van der Waals surface area contributed by atoms with E-state index in [1.54, 1.807) is 0 Å². The van der Waals surface area contributed by atoms with E-state index in [0.29, 0.717) is 6.61 Å². The summed E-state index contributed by atoms with van der Waals surface area (Å²) in [6.07, 6.45) is 4.10. The molecule has 2 aliphatic heterocycles. The number of hydrogen-bond donors (Lipinski definition) is 1. The SMILES string of the molecule is CC1(C)COB(c2cnc3c(c2)CCCN3)O1. The van der Waals surface area contributed by atoms with E-state index >= 15 is 0 Å². The van der Waals surface area contributed by atoms with Crippen molar-refractivity contribution in [1.82, 2.24) is 4.98 Å². The van der Waals surface area contributed by atoms with E-state index in [1.807, 2.05) is 20.0 Å². The summed E-state index contributed by atoms with van der Waals surface area (Å²) in [6, 6.07) is 2.15. The number of rotatable bonds is 1. The van der Waals surface area contributed by atoms with Crippen molar-refractivity contribution in [2.75, 3.05) is 18.5 Å². The Morgan fingerprint density at radius 1 is 1.47 bits per heavy atom. The molecule has 0 radical (unpaired) electrons. The standard InChI is InChI=1S/C12H17BN2O2/c1-12(2)8-16-13(17-12)10-6-9-4-3-5-14-11(9)15-7-10/h6-7H,3-5,8H2,1-2H3,(H,14,15). The Morgan fingerprint density at radius 2 is 2.35 bits per heavy atom. The fraction of sp³-hybridized carbons (Fsp3) is 0.583. The molecule has 0 spiro atoms. The molecule has 4 nitrogen and oxygen atoms in total. The van der Waals surface area contributed by atoms with Crippen LogP contribution in [0.4, 0.5) is 5.82 Å². The van der Waals surface area contributed by atoms with Crippen molar-refractivity contribution in [3.8, 4) is 0 Å². The highest BCUT2D eigenvalue weighted by Gasteiger charge is 2.38. The number of fused-ring (bicyclic) bond motifs is 1. The van der Waals surface area contributed by atoms with Gasteiger partial charge in [-0.3, -0.25) is 0 Å². The molecule has 1 fully saturated rings. The fourth-order valence-electron chi connectivity index (χ4n) is 2.29. The fourth-order valence-corrected chi connectivity index (χ4v) is 2.29. The number of nitrogens with zero attached hydrogens (tertiary/aromatic N) is 1. The van der Waals surface area contributed by atoms with Crippen LogP contribution >= 0.6 is 0 Å². The molecular weight excluding hydrogens is 215 g/mol. The van der Waals surface area contributed by atoms with E-state index < -0.39 is 0 Å². The predicted octanol–water partition coefficient (Wildman–Crippen LogP) is 0.960. The lowest BCUT2D eigenvalue weighted by Gasteiger charge is -2.18. The number of aryl methyl sites for hydroxylation is 1. The number of nitrogens with one attached hydrogen (secondary N) is 1. The van der Waals surface area contributed by atoms with Crippen LogP contribution in [-0.4, -0.2) is 30.9 Å². The van der Waals surface area contributed by atoms with Gasteiger partial charge in [0, 0.05) is 18.2 Å². The molecular formula is C12H17BN2O2. The van der Waals surface area contributed by atoms with Crippen LogP contribution in [0.2, 0.25) is 0 Å². The van der Waals surface area contributed by atoms with Gasteiger partial charge in [-0.1, -0.05) is 6.07 Å². The van der Waals surface area contributed by atoms with Crippen molar-refractivity contribution in [2.24, 2.45) is 0 Å². The first-order valence-electron chi connectivity index (χ1n) is 6.16. The van der Waals surface area contributed by atoms with Gasteiger partial charge in [0.2, 0.25) is 0 Å². The van der Waals surface area contributed by atoms with Crippen molar-refractivity contribution < 1.29 is 9.31 Å². The van der Waals surface area contributed by atoms with Gasteiger partial charge in [-0.05, 0) is 32.3 Å². The summed E-state index contributed by atoms with van der Waals surface area (Å²) < 4.78 is 11.5. The smallest absolute Gasteiger partial charge is 0.404 e. The van der Waals surface area contributed by atoms with Crippen molar-refractivity contribution in [3.05, 3.63) is 17.8 Å². The van der Waals surface area contributed by atoms with Gasteiger partial charge in [-0.2, -0.15) is 0 Å². The minimum atomic E-state index is -0.260. The lowest BCUT2D eigenvalue weighted by atomic mass is 9.79. The van der Waals surface area contributed by atoms with E-state index in [1.165, 1.54) is 5.56 Å². The number of hydrogen-bond acceptors (Lipinski definition) is 4. The maximum atomic E-state index is 5.84. The molecule has 0 aliphatic carbocycles. The third kappa shape index (κ3) is 2.17. The first kappa shape index (κ1) is 11.0. The molecule has 0 amide bonds. The second kappa shape index (κ2) is 4.00. The topological polar surface area (TPSA) is 43.4 Å². The molecule has 3 heterocycles. The van der Waals surface area contributed by atoms with Gasteiger partial charge in [-0.15, -0.1) is 0 Å². The number of aromatic nitrogens is 1. The van der Waals surface area contributed by atoms with Crippen molar-refractivity contribution in [1.29, 1.82) is 0 Å². The van der Waals surface area contributed by atoms with Crippen LogP contribution < -0.4 is 10.8 Å². The van der Waals surface area contributed by atoms with Gasteiger partial charge in [-0.25, -0.2) is 4.98 Å². The average Bonchev–Trinajstić information content (AvgIpc) is 2.69. The van der Waals surface area contributed by atoms with Crippen LogP contribution in [0.3, 0.4) is 0 Å². The Labute approximate surface area is 102 Å². The number of pyridine rings is 1. The van der Waals surface area contributed by atoms with Crippen LogP contribution in [0.5, 0.6) is 0 Å². The lowest BCUT2D eigenvalue weighted by molar-refractivity contribution is 0.137. The average molecular weight is 232 g/mol. The van der Waals surface area contributed by atoms with Gasteiger partial charge in [0.05, 0.1) is 12.2 Å². The molecule has 17 heavy (non-hydrogen) atoms. The van der Waals surface area contributed by atoms with Gasteiger partial charge < -0.3 is 14.6 Å². The molecule has 5 heteroatoms. The van der Waals surface area contributed by atoms with Gasteiger partial charge >= 0.3 is 7.12 Å². The first-order valence-corrected chi connectivity index (χ1v) is 6.16. The van der Waals surface area contributed by atoms with Crippen LogP contribution in [0.25, 0.3) is 0 Å². The van der Waals surface area contributed by atoms with Crippen LogP contribution in [0, 0.1) is 0 Å². The molecule has 0 bridgehead atoms. The Morgan fingerprint density at radius 3 is 3.12 bits per heavy atom. The molecule has 2 aliphatic rings. The third-order valence-corrected chi connectivity index (χ3v) is 3.18. The predicted molar refractivity (Wildman–Crippen MR) is 67.6 cm³/mol. The monoisotopic (exact) mass is 232 g/mol. The second-order valence-electron chi connectivity index (χ2n) is 5.33. The van der Waals surface area contributed by atoms with E-state index in [2.05, 4.69) is 16.4 Å². The Balaban J connectivity index is 1.84. The minimum absolute atomic E-state index is 0.196. The molecule has 1 aromatic rings. The maximum absolute atomic E-state index is 5.84. The molecule has 1 saturated heterocycles. The highest BCUT2D eigenvalue weighted by molar-refractivity contribution is 6.61. The Bertz CT molecular complexity index is 437. The van der Waals surface area contributed by atoms with E-state index in [0.717, 1.165) is 30.7 Å². The summed E-state index contributed by atoms with van der Waals surface area (Å²) in [4.78, 5) is 4.44. The Kier molecular flexibility index (Phi) is 2.60. The zero-order valence-corrected chi connectivity index (χ0v) is 10.3. The molecule has 0 aromatic carbocycles. The van der Waals surface area contributed by atoms with Crippen LogP contribution in [0.15, 0.2) is 12.3 Å². The van der Waals surface area contributed by atoms with Gasteiger partial charge in [0.1, 0.15) is 5.82 Å². The van der Waals surface area contributed by atoms with E-state index in [-0.39, 0.29) is 12.7 Å². The molecule has 90 valence electrons. The van der Waals surface area contributed by atoms with E-state index in [9.17, 15) is 0 Å². The second-order valence-corrected chi connectivity index (χ2v) is 5.33. The molecule has 1 N–H and O–H groups in total. The van der Waals surface area contributed by atoms with Crippen LogP contribution in [0.1, 0.15) is 25.8 Å². The highest BCUT2D eigenvalue weighted by atomic mass is 16.7. The minimum Gasteiger partial charge on any atom is -0.404 e. The summed E-state index contributed by atoms with van der Waals surface area (Å²) >= 11 is 0. The molecule has 1 aromatic heterocycles. The quantitative estimate of drug-likeness (QED) is 0.732. The van der Waals surface area contributed by atoms with Crippen molar-refractivity contribution in [2.45, 2.75) is 32.3 Å². The van der Waals surface area contributed by atoms with Crippen molar-refractivity contribution in [3.63, 3.8) is 0 Å². The summed E-state index contributed by atoms with van der Waals surface area (Å²) in [5, 5.41) is 3.30. The van der Waals surface area contributed by atoms with Gasteiger partial charge in [0.25, 0.3) is 0 Å². The first-order chi connectivity index (χ1) is 8.14.